The van der Waals surface area contributed by atoms with Gasteiger partial charge in [-0.05, 0) is 35.4 Å². The summed E-state index contributed by atoms with van der Waals surface area (Å²) < 4.78 is 17.9. The monoisotopic (exact) mass is 397 g/mol. The number of esters is 1. The number of carbonyl (C=O) groups excluding carboxylic acids is 3. The third kappa shape index (κ3) is 5.34. The van der Waals surface area contributed by atoms with Crippen LogP contribution in [-0.2, 0) is 20.7 Å². The van der Waals surface area contributed by atoms with Crippen LogP contribution in [0.4, 0.5) is 4.39 Å². The molecule has 1 N–H and O–H groups in total. The van der Waals surface area contributed by atoms with Gasteiger partial charge in [0.05, 0.1) is 6.42 Å². The van der Waals surface area contributed by atoms with Gasteiger partial charge in [0.15, 0.2) is 6.61 Å². The highest BCUT2D eigenvalue weighted by Gasteiger charge is 2.15. The summed E-state index contributed by atoms with van der Waals surface area (Å²) in [4.78, 5) is 36.8. The number of amides is 2. The first-order valence-electron chi connectivity index (χ1n) is 8.41. The minimum Gasteiger partial charge on any atom is -0.451 e. The molecule has 0 bridgehead atoms. The number of imide groups is 1. The number of thiophene rings is 1. The van der Waals surface area contributed by atoms with Gasteiger partial charge in [-0.1, -0.05) is 42.5 Å². The maximum Gasteiger partial charge on any atom is 0.348 e. The largest absolute Gasteiger partial charge is 0.451 e. The highest BCUT2D eigenvalue weighted by atomic mass is 32.1. The molecule has 0 radical (unpaired) electrons. The molecular formula is C21H16FNO4S. The molecule has 0 aliphatic rings. The molecule has 2 aromatic carbocycles. The molecule has 1 aromatic heterocycles. The molecular weight excluding hydrogens is 381 g/mol. The molecule has 5 nitrogen and oxygen atoms in total. The van der Waals surface area contributed by atoms with Crippen LogP contribution in [0.25, 0.3) is 10.4 Å². The van der Waals surface area contributed by atoms with Gasteiger partial charge in [-0.2, -0.15) is 0 Å². The lowest BCUT2D eigenvalue weighted by molar-refractivity contribution is -0.132. The molecule has 0 atom stereocenters. The van der Waals surface area contributed by atoms with Gasteiger partial charge < -0.3 is 4.74 Å². The molecule has 1 heterocycles. The Bertz CT molecular complexity index is 983. The zero-order valence-electron chi connectivity index (χ0n) is 14.7. The highest BCUT2D eigenvalue weighted by molar-refractivity contribution is 7.17. The molecule has 0 saturated heterocycles. The van der Waals surface area contributed by atoms with E-state index in [1.807, 2.05) is 6.07 Å². The predicted octanol–water partition coefficient (Wildman–Crippen LogP) is 3.60. The topological polar surface area (TPSA) is 72.5 Å². The fourth-order valence-electron chi connectivity index (χ4n) is 2.44. The lowest BCUT2D eigenvalue weighted by Crippen LogP contribution is -2.35. The second-order valence-corrected chi connectivity index (χ2v) is 6.96. The number of hydrogen-bond acceptors (Lipinski definition) is 5. The van der Waals surface area contributed by atoms with Crippen molar-refractivity contribution in [1.82, 2.24) is 5.32 Å². The maximum absolute atomic E-state index is 13.0. The molecule has 3 rings (SSSR count). The second kappa shape index (κ2) is 9.05. The van der Waals surface area contributed by atoms with Crippen molar-refractivity contribution in [3.05, 3.63) is 83.0 Å². The quantitative estimate of drug-likeness (QED) is 0.645. The lowest BCUT2D eigenvalue weighted by atomic mass is 10.1. The van der Waals surface area contributed by atoms with Crippen molar-refractivity contribution in [2.75, 3.05) is 6.61 Å². The van der Waals surface area contributed by atoms with E-state index >= 15 is 0 Å². The zero-order valence-corrected chi connectivity index (χ0v) is 15.5. The summed E-state index contributed by atoms with van der Waals surface area (Å²) in [7, 11) is 0. The Morgan fingerprint density at radius 2 is 1.61 bits per heavy atom. The highest BCUT2D eigenvalue weighted by Crippen LogP contribution is 2.28. The SMILES string of the molecule is O=C(COC(=O)c1ccc(-c2ccc(F)cc2)s1)NC(=O)Cc1ccccc1. The summed E-state index contributed by atoms with van der Waals surface area (Å²) in [5, 5.41) is 2.18. The molecule has 0 aliphatic heterocycles. The van der Waals surface area contributed by atoms with Crippen LogP contribution in [-0.4, -0.2) is 24.4 Å². The summed E-state index contributed by atoms with van der Waals surface area (Å²) in [5.41, 5.74) is 1.55. The van der Waals surface area contributed by atoms with Crippen LogP contribution in [0.2, 0.25) is 0 Å². The van der Waals surface area contributed by atoms with E-state index in [9.17, 15) is 18.8 Å². The van der Waals surface area contributed by atoms with E-state index in [-0.39, 0.29) is 12.2 Å². The van der Waals surface area contributed by atoms with Crippen LogP contribution in [0.3, 0.4) is 0 Å². The van der Waals surface area contributed by atoms with Gasteiger partial charge in [0, 0.05) is 4.88 Å². The van der Waals surface area contributed by atoms with Crippen LogP contribution >= 0.6 is 11.3 Å². The molecule has 0 unspecified atom stereocenters. The predicted molar refractivity (Wildman–Crippen MR) is 103 cm³/mol. The van der Waals surface area contributed by atoms with Crippen LogP contribution < -0.4 is 5.32 Å². The van der Waals surface area contributed by atoms with Crippen molar-refractivity contribution < 1.29 is 23.5 Å². The van der Waals surface area contributed by atoms with Crippen molar-refractivity contribution >= 4 is 29.1 Å². The van der Waals surface area contributed by atoms with Gasteiger partial charge in [-0.25, -0.2) is 9.18 Å². The molecule has 7 heteroatoms. The second-order valence-electron chi connectivity index (χ2n) is 5.88. The minimum atomic E-state index is -0.690. The minimum absolute atomic E-state index is 0.0620. The molecule has 0 fully saturated rings. The Hall–Kier alpha value is -3.32. The van der Waals surface area contributed by atoms with Crippen molar-refractivity contribution in [3.63, 3.8) is 0 Å². The van der Waals surface area contributed by atoms with Gasteiger partial charge in [0.25, 0.3) is 5.91 Å². The first kappa shape index (κ1) is 19.4. The van der Waals surface area contributed by atoms with Gasteiger partial charge in [-0.15, -0.1) is 11.3 Å². The zero-order chi connectivity index (χ0) is 19.9. The average Bonchev–Trinajstić information content (AvgIpc) is 3.17. The van der Waals surface area contributed by atoms with Gasteiger partial charge >= 0.3 is 5.97 Å². The van der Waals surface area contributed by atoms with E-state index in [1.54, 1.807) is 48.5 Å². The summed E-state index contributed by atoms with van der Waals surface area (Å²) >= 11 is 1.17. The van der Waals surface area contributed by atoms with E-state index in [2.05, 4.69) is 5.32 Å². The van der Waals surface area contributed by atoms with E-state index in [0.29, 0.717) is 4.88 Å². The molecule has 142 valence electrons. The summed E-state index contributed by atoms with van der Waals surface area (Å²) in [6, 6.07) is 18.2. The van der Waals surface area contributed by atoms with E-state index < -0.39 is 24.4 Å². The first-order chi connectivity index (χ1) is 13.5. The summed E-state index contributed by atoms with van der Waals surface area (Å²) in [6.45, 7) is -0.552. The maximum atomic E-state index is 13.0. The standard InChI is InChI=1S/C21H16FNO4S/c22-16-8-6-15(7-9-16)17-10-11-18(28-17)21(26)27-13-20(25)23-19(24)12-14-4-2-1-3-5-14/h1-11H,12-13H2,(H,23,24,25). The average molecular weight is 397 g/mol. The Balaban J connectivity index is 1.49. The number of hydrogen-bond donors (Lipinski definition) is 1. The van der Waals surface area contributed by atoms with Gasteiger partial charge in [0.1, 0.15) is 10.7 Å². The fourth-order valence-corrected chi connectivity index (χ4v) is 3.34. The van der Waals surface area contributed by atoms with Gasteiger partial charge in [-0.3, -0.25) is 14.9 Å². The molecule has 28 heavy (non-hydrogen) atoms. The van der Waals surface area contributed by atoms with Crippen molar-refractivity contribution in [1.29, 1.82) is 0 Å². The fraction of sp³-hybridized carbons (Fsp3) is 0.0952. The van der Waals surface area contributed by atoms with E-state index in [0.717, 1.165) is 16.0 Å². The smallest absolute Gasteiger partial charge is 0.348 e. The summed E-state index contributed by atoms with van der Waals surface area (Å²) in [6.07, 6.45) is 0.0620. The van der Waals surface area contributed by atoms with Crippen LogP contribution in [0.15, 0.2) is 66.7 Å². The molecule has 0 aliphatic carbocycles. The Morgan fingerprint density at radius 1 is 0.893 bits per heavy atom. The number of carbonyl (C=O) groups is 3. The number of nitrogens with one attached hydrogen (secondary N) is 1. The van der Waals surface area contributed by atoms with Crippen LogP contribution in [0.5, 0.6) is 0 Å². The third-order valence-corrected chi connectivity index (χ3v) is 4.87. The number of ether oxygens (including phenoxy) is 1. The Kier molecular flexibility index (Phi) is 6.29. The third-order valence-electron chi connectivity index (χ3n) is 3.76. The summed E-state index contributed by atoms with van der Waals surface area (Å²) in [5.74, 6) is -2.16. The number of benzene rings is 2. The Morgan fingerprint density at radius 3 is 2.32 bits per heavy atom. The van der Waals surface area contributed by atoms with E-state index in [1.165, 1.54) is 23.5 Å². The van der Waals surface area contributed by atoms with Crippen LogP contribution in [0.1, 0.15) is 15.2 Å². The van der Waals surface area contributed by atoms with Crippen molar-refractivity contribution in [2.45, 2.75) is 6.42 Å². The molecule has 3 aromatic rings. The van der Waals surface area contributed by atoms with Crippen molar-refractivity contribution in [2.24, 2.45) is 0 Å². The molecule has 0 saturated carbocycles. The number of halogens is 1. The molecule has 0 spiro atoms. The molecule has 2 amide bonds. The normalized spacial score (nSPS) is 10.3. The first-order valence-corrected chi connectivity index (χ1v) is 9.22. The van der Waals surface area contributed by atoms with E-state index in [4.69, 9.17) is 4.74 Å². The Labute approximate surface area is 164 Å². The number of rotatable bonds is 6. The van der Waals surface area contributed by atoms with Crippen LogP contribution in [0, 0.1) is 5.82 Å². The van der Waals surface area contributed by atoms with Crippen molar-refractivity contribution in [3.8, 4) is 10.4 Å². The lowest BCUT2D eigenvalue weighted by Gasteiger charge is -2.05. The van der Waals surface area contributed by atoms with Gasteiger partial charge in [0.2, 0.25) is 5.91 Å².